The van der Waals surface area contributed by atoms with Crippen molar-refractivity contribution in [1.82, 2.24) is 5.32 Å². The van der Waals surface area contributed by atoms with E-state index in [0.717, 1.165) is 16.7 Å². The van der Waals surface area contributed by atoms with Crippen molar-refractivity contribution in [2.24, 2.45) is 0 Å². The average molecular weight is 239 g/mol. The molecule has 3 heteroatoms. The number of benzene rings is 2. The molecule has 1 N–H and O–H groups in total. The van der Waals surface area contributed by atoms with E-state index in [1.165, 1.54) is 0 Å². The summed E-state index contributed by atoms with van der Waals surface area (Å²) in [6.45, 7) is 0. The molecule has 18 heavy (non-hydrogen) atoms. The number of fused-ring (bicyclic) bond motifs is 3. The van der Waals surface area contributed by atoms with Gasteiger partial charge in [-0.3, -0.25) is 0 Å². The highest BCUT2D eigenvalue weighted by atomic mass is 16.5. The molecule has 0 amide bonds. The first-order valence-corrected chi connectivity index (χ1v) is 5.88. The SMILES string of the molecule is CNC1C(=O)Oc2ccccc2-c2ccccc21. The van der Waals surface area contributed by atoms with Crippen LogP contribution < -0.4 is 10.1 Å². The maximum absolute atomic E-state index is 12.1. The van der Waals surface area contributed by atoms with E-state index in [-0.39, 0.29) is 5.97 Å². The van der Waals surface area contributed by atoms with Crippen LogP contribution in [-0.4, -0.2) is 13.0 Å². The summed E-state index contributed by atoms with van der Waals surface area (Å²) in [5.41, 5.74) is 2.95. The van der Waals surface area contributed by atoms with Crippen molar-refractivity contribution in [3.05, 3.63) is 54.1 Å². The van der Waals surface area contributed by atoms with Crippen LogP contribution in [-0.2, 0) is 4.79 Å². The second-order valence-electron chi connectivity index (χ2n) is 4.23. The largest absolute Gasteiger partial charge is 0.424 e. The molecule has 0 spiro atoms. The van der Waals surface area contributed by atoms with Crippen molar-refractivity contribution in [3.8, 4) is 16.9 Å². The Hall–Kier alpha value is -2.13. The Morgan fingerprint density at radius 2 is 1.67 bits per heavy atom. The fourth-order valence-electron chi connectivity index (χ4n) is 2.34. The molecule has 0 saturated heterocycles. The smallest absolute Gasteiger partial charge is 0.333 e. The first kappa shape index (κ1) is 11.0. The number of rotatable bonds is 1. The van der Waals surface area contributed by atoms with Crippen LogP contribution in [0.2, 0.25) is 0 Å². The molecule has 0 bridgehead atoms. The molecule has 1 atom stereocenters. The number of para-hydroxylation sites is 1. The van der Waals surface area contributed by atoms with E-state index in [9.17, 15) is 4.79 Å². The zero-order valence-electron chi connectivity index (χ0n) is 10.0. The maximum atomic E-state index is 12.1. The number of ether oxygens (including phenoxy) is 1. The summed E-state index contributed by atoms with van der Waals surface area (Å²) < 4.78 is 5.44. The van der Waals surface area contributed by atoms with Crippen LogP contribution in [0.3, 0.4) is 0 Å². The first-order valence-electron chi connectivity index (χ1n) is 5.88. The fraction of sp³-hybridized carbons (Fsp3) is 0.133. The Bertz CT molecular complexity index is 607. The quantitative estimate of drug-likeness (QED) is 0.614. The van der Waals surface area contributed by atoms with E-state index < -0.39 is 6.04 Å². The summed E-state index contributed by atoms with van der Waals surface area (Å²) in [7, 11) is 1.76. The molecule has 0 aliphatic carbocycles. The van der Waals surface area contributed by atoms with Gasteiger partial charge in [0.15, 0.2) is 0 Å². The number of hydrogen-bond donors (Lipinski definition) is 1. The van der Waals surface area contributed by atoms with Gasteiger partial charge in [0, 0.05) is 5.56 Å². The maximum Gasteiger partial charge on any atom is 0.333 e. The van der Waals surface area contributed by atoms with Gasteiger partial charge in [0.05, 0.1) is 0 Å². The molecule has 1 aliphatic rings. The molecule has 3 rings (SSSR count). The van der Waals surface area contributed by atoms with Crippen molar-refractivity contribution in [1.29, 1.82) is 0 Å². The van der Waals surface area contributed by atoms with Gasteiger partial charge >= 0.3 is 5.97 Å². The van der Waals surface area contributed by atoms with Gasteiger partial charge in [0.25, 0.3) is 0 Å². The Balaban J connectivity index is 2.29. The summed E-state index contributed by atoms with van der Waals surface area (Å²) in [5.74, 6) is 0.350. The van der Waals surface area contributed by atoms with Crippen molar-refractivity contribution in [2.75, 3.05) is 7.05 Å². The van der Waals surface area contributed by atoms with Crippen LogP contribution in [0.4, 0.5) is 0 Å². The van der Waals surface area contributed by atoms with Crippen LogP contribution in [0.5, 0.6) is 5.75 Å². The van der Waals surface area contributed by atoms with Crippen molar-refractivity contribution >= 4 is 5.97 Å². The zero-order chi connectivity index (χ0) is 12.5. The zero-order valence-corrected chi connectivity index (χ0v) is 10.0. The van der Waals surface area contributed by atoms with Crippen LogP contribution in [0.1, 0.15) is 11.6 Å². The lowest BCUT2D eigenvalue weighted by atomic mass is 9.95. The Kier molecular flexibility index (Phi) is 2.61. The van der Waals surface area contributed by atoms with Gasteiger partial charge in [0.2, 0.25) is 0 Å². The molecule has 0 aromatic heterocycles. The van der Waals surface area contributed by atoms with Crippen LogP contribution in [0.15, 0.2) is 48.5 Å². The number of esters is 1. The van der Waals surface area contributed by atoms with Gasteiger partial charge in [-0.25, -0.2) is 4.79 Å². The van der Waals surface area contributed by atoms with Crippen molar-refractivity contribution < 1.29 is 9.53 Å². The standard InChI is InChI=1S/C15H13NO2/c1-16-14-12-8-3-2-6-10(12)11-7-4-5-9-13(11)18-15(14)17/h2-9,14,16H,1H3. The number of nitrogens with one attached hydrogen (secondary N) is 1. The molecule has 2 aromatic carbocycles. The minimum absolute atomic E-state index is 0.269. The van der Waals surface area contributed by atoms with E-state index in [0.29, 0.717) is 5.75 Å². The molecule has 0 fully saturated rings. The van der Waals surface area contributed by atoms with Gasteiger partial charge in [-0.15, -0.1) is 0 Å². The molecule has 1 heterocycles. The van der Waals surface area contributed by atoms with Crippen LogP contribution in [0.25, 0.3) is 11.1 Å². The first-order chi connectivity index (χ1) is 8.81. The van der Waals surface area contributed by atoms with E-state index in [4.69, 9.17) is 4.74 Å². The van der Waals surface area contributed by atoms with E-state index in [2.05, 4.69) is 5.32 Å². The highest BCUT2D eigenvalue weighted by molar-refractivity contribution is 5.89. The number of carbonyl (C=O) groups excluding carboxylic acids is 1. The highest BCUT2D eigenvalue weighted by Gasteiger charge is 2.28. The van der Waals surface area contributed by atoms with Gasteiger partial charge in [-0.05, 0) is 24.2 Å². The van der Waals surface area contributed by atoms with E-state index >= 15 is 0 Å². The van der Waals surface area contributed by atoms with Gasteiger partial charge < -0.3 is 10.1 Å². The summed E-state index contributed by atoms with van der Waals surface area (Å²) in [4.78, 5) is 12.1. The summed E-state index contributed by atoms with van der Waals surface area (Å²) in [6.07, 6.45) is 0. The minimum Gasteiger partial charge on any atom is -0.424 e. The lowest BCUT2D eigenvalue weighted by Crippen LogP contribution is -2.28. The third kappa shape index (κ3) is 1.60. The summed E-state index contributed by atoms with van der Waals surface area (Å²) >= 11 is 0. The molecule has 0 radical (unpaired) electrons. The third-order valence-electron chi connectivity index (χ3n) is 3.18. The third-order valence-corrected chi connectivity index (χ3v) is 3.18. The molecular formula is C15H13NO2. The molecule has 1 unspecified atom stereocenters. The monoisotopic (exact) mass is 239 g/mol. The molecule has 1 aliphatic heterocycles. The molecule has 2 aromatic rings. The van der Waals surface area contributed by atoms with E-state index in [1.807, 2.05) is 48.5 Å². The van der Waals surface area contributed by atoms with Crippen molar-refractivity contribution in [3.63, 3.8) is 0 Å². The molecular weight excluding hydrogens is 226 g/mol. The van der Waals surface area contributed by atoms with Crippen molar-refractivity contribution in [2.45, 2.75) is 6.04 Å². The van der Waals surface area contributed by atoms with Crippen LogP contribution >= 0.6 is 0 Å². The average Bonchev–Trinajstić information content (AvgIpc) is 2.52. The number of carbonyl (C=O) groups is 1. The fourth-order valence-corrected chi connectivity index (χ4v) is 2.34. The Morgan fingerprint density at radius 1 is 1.00 bits per heavy atom. The normalized spacial score (nSPS) is 17.4. The lowest BCUT2D eigenvalue weighted by Gasteiger charge is -2.13. The van der Waals surface area contributed by atoms with Crippen LogP contribution in [0, 0.1) is 0 Å². The number of likely N-dealkylation sites (N-methyl/N-ethyl adjacent to an activating group) is 1. The Labute approximate surface area is 105 Å². The summed E-state index contributed by atoms with van der Waals surface area (Å²) in [5, 5.41) is 3.01. The molecule has 0 saturated carbocycles. The second kappa shape index (κ2) is 4.27. The van der Waals surface area contributed by atoms with Gasteiger partial charge in [-0.2, -0.15) is 0 Å². The topological polar surface area (TPSA) is 38.3 Å². The van der Waals surface area contributed by atoms with Gasteiger partial charge in [-0.1, -0.05) is 42.5 Å². The predicted octanol–water partition coefficient (Wildman–Crippen LogP) is 2.53. The Morgan fingerprint density at radius 3 is 2.44 bits per heavy atom. The lowest BCUT2D eigenvalue weighted by molar-refractivity contribution is -0.136. The van der Waals surface area contributed by atoms with Gasteiger partial charge in [0.1, 0.15) is 11.8 Å². The molecule has 3 nitrogen and oxygen atoms in total. The van der Waals surface area contributed by atoms with E-state index in [1.54, 1.807) is 7.05 Å². The summed E-state index contributed by atoms with van der Waals surface area (Å²) in [6, 6.07) is 15.1. The molecule has 90 valence electrons. The highest BCUT2D eigenvalue weighted by Crippen LogP contribution is 2.38. The second-order valence-corrected chi connectivity index (χ2v) is 4.23. The minimum atomic E-state index is -0.423. The number of hydrogen-bond acceptors (Lipinski definition) is 3. The predicted molar refractivity (Wildman–Crippen MR) is 69.3 cm³/mol.